The quantitative estimate of drug-likeness (QED) is 0.741. The van der Waals surface area contributed by atoms with Crippen molar-refractivity contribution < 1.29 is 8.42 Å². The van der Waals surface area contributed by atoms with E-state index in [9.17, 15) is 8.42 Å². The fourth-order valence-corrected chi connectivity index (χ4v) is 3.28. The van der Waals surface area contributed by atoms with Gasteiger partial charge in [0, 0.05) is 12.6 Å². The molecule has 1 rings (SSSR count). The number of nitrogens with one attached hydrogen (secondary N) is 2. The minimum Gasteiger partial charge on any atom is -0.318 e. The van der Waals surface area contributed by atoms with Crippen molar-refractivity contribution in [2.45, 2.75) is 50.3 Å². The molecule has 0 radical (unpaired) electrons. The summed E-state index contributed by atoms with van der Waals surface area (Å²) in [7, 11) is -1.36. The van der Waals surface area contributed by atoms with E-state index in [2.05, 4.69) is 10.0 Å². The molecule has 1 aliphatic rings. The lowest BCUT2D eigenvalue weighted by molar-refractivity contribution is 0.410. The molecular weight excluding hydrogens is 212 g/mol. The summed E-state index contributed by atoms with van der Waals surface area (Å²) in [5.41, 5.74) is 0. The summed E-state index contributed by atoms with van der Waals surface area (Å²) in [5.74, 6) is 0. The van der Waals surface area contributed by atoms with Gasteiger partial charge in [-0.25, -0.2) is 13.1 Å². The zero-order valence-corrected chi connectivity index (χ0v) is 10.4. The molecule has 0 aromatic carbocycles. The van der Waals surface area contributed by atoms with Crippen molar-refractivity contribution in [3.05, 3.63) is 0 Å². The molecule has 0 amide bonds. The highest BCUT2D eigenvalue weighted by atomic mass is 32.2. The molecule has 0 aromatic heterocycles. The third-order valence-corrected chi connectivity index (χ3v) is 4.85. The lowest BCUT2D eigenvalue weighted by Gasteiger charge is -2.24. The van der Waals surface area contributed by atoms with E-state index in [4.69, 9.17) is 0 Å². The van der Waals surface area contributed by atoms with Gasteiger partial charge in [-0.05, 0) is 26.8 Å². The first-order valence-corrected chi connectivity index (χ1v) is 7.26. The van der Waals surface area contributed by atoms with E-state index in [0.717, 1.165) is 25.7 Å². The molecule has 5 heteroatoms. The Hall–Kier alpha value is -0.130. The van der Waals surface area contributed by atoms with E-state index in [1.807, 2.05) is 0 Å². The molecule has 1 unspecified atom stereocenters. The molecule has 1 aliphatic carbocycles. The molecule has 0 spiro atoms. The molecule has 4 nitrogen and oxygen atoms in total. The van der Waals surface area contributed by atoms with Crippen LogP contribution in [-0.4, -0.2) is 33.3 Å². The monoisotopic (exact) mass is 234 g/mol. The molecule has 1 fully saturated rings. The fraction of sp³-hybridized carbons (Fsp3) is 1.00. The second-order valence-electron chi connectivity index (χ2n) is 4.37. The van der Waals surface area contributed by atoms with Gasteiger partial charge >= 0.3 is 0 Å². The Kier molecular flexibility index (Phi) is 5.02. The normalized spacial score (nSPS) is 21.5. The van der Waals surface area contributed by atoms with Crippen LogP contribution in [-0.2, 0) is 10.0 Å². The summed E-state index contributed by atoms with van der Waals surface area (Å²) in [6, 6.07) is 0.169. The fourth-order valence-electron chi connectivity index (χ4n) is 1.97. The van der Waals surface area contributed by atoms with Crippen LogP contribution >= 0.6 is 0 Å². The van der Waals surface area contributed by atoms with E-state index >= 15 is 0 Å². The Balaban J connectivity index is 2.47. The first-order valence-electron chi connectivity index (χ1n) is 5.72. The number of rotatable bonds is 5. The summed E-state index contributed by atoms with van der Waals surface area (Å²) in [6.07, 6.45) is 5.52. The van der Waals surface area contributed by atoms with Crippen LogP contribution in [0.15, 0.2) is 0 Å². The minimum absolute atomic E-state index is 0.169. The van der Waals surface area contributed by atoms with Crippen molar-refractivity contribution in [2.24, 2.45) is 0 Å². The number of sulfonamides is 1. The van der Waals surface area contributed by atoms with Gasteiger partial charge in [-0.2, -0.15) is 0 Å². The van der Waals surface area contributed by atoms with Crippen LogP contribution in [0.25, 0.3) is 0 Å². The van der Waals surface area contributed by atoms with Gasteiger partial charge in [0.05, 0.1) is 5.25 Å². The molecule has 0 bridgehead atoms. The van der Waals surface area contributed by atoms with Crippen molar-refractivity contribution in [2.75, 3.05) is 13.6 Å². The van der Waals surface area contributed by atoms with E-state index in [1.165, 1.54) is 6.42 Å². The first-order chi connectivity index (χ1) is 7.06. The minimum atomic E-state index is -3.13. The molecule has 0 aromatic rings. The maximum atomic E-state index is 11.8. The van der Waals surface area contributed by atoms with E-state index in [1.54, 1.807) is 14.0 Å². The zero-order valence-electron chi connectivity index (χ0n) is 9.62. The van der Waals surface area contributed by atoms with E-state index in [0.29, 0.717) is 6.54 Å². The summed E-state index contributed by atoms with van der Waals surface area (Å²) >= 11 is 0. The standard InChI is InChI=1S/C10H22N2O2S/c1-9(8-11-2)15(13,14)12-10-6-4-3-5-7-10/h9-12H,3-8H2,1-2H3. The van der Waals surface area contributed by atoms with Crippen molar-refractivity contribution >= 4 is 10.0 Å². The van der Waals surface area contributed by atoms with Gasteiger partial charge in [0.2, 0.25) is 10.0 Å². The molecule has 0 saturated heterocycles. The molecule has 0 heterocycles. The molecular formula is C10H22N2O2S. The molecule has 2 N–H and O–H groups in total. The summed E-state index contributed by atoms with van der Waals surface area (Å²) in [4.78, 5) is 0. The van der Waals surface area contributed by atoms with Crippen LogP contribution in [0, 0.1) is 0 Å². The summed E-state index contributed by atoms with van der Waals surface area (Å²) in [6.45, 7) is 2.24. The topological polar surface area (TPSA) is 58.2 Å². The second kappa shape index (κ2) is 5.82. The van der Waals surface area contributed by atoms with Crippen molar-refractivity contribution in [3.8, 4) is 0 Å². The smallest absolute Gasteiger partial charge is 0.215 e. The van der Waals surface area contributed by atoms with Gasteiger partial charge in [0.1, 0.15) is 0 Å². The average Bonchev–Trinajstić information content (AvgIpc) is 2.19. The molecule has 15 heavy (non-hydrogen) atoms. The highest BCUT2D eigenvalue weighted by Crippen LogP contribution is 2.18. The lowest BCUT2D eigenvalue weighted by atomic mass is 9.96. The van der Waals surface area contributed by atoms with Crippen LogP contribution in [0.1, 0.15) is 39.0 Å². The Labute approximate surface area is 92.9 Å². The third-order valence-electron chi connectivity index (χ3n) is 2.96. The SMILES string of the molecule is CNCC(C)S(=O)(=O)NC1CCCCC1. The Bertz CT molecular complexity index is 271. The van der Waals surface area contributed by atoms with Crippen LogP contribution < -0.4 is 10.0 Å². The number of hydrogen-bond acceptors (Lipinski definition) is 3. The number of hydrogen-bond donors (Lipinski definition) is 2. The van der Waals surface area contributed by atoms with Gasteiger partial charge < -0.3 is 5.32 Å². The third kappa shape index (κ3) is 4.09. The predicted octanol–water partition coefficient (Wildman–Crippen LogP) is 0.846. The Morgan fingerprint density at radius 2 is 1.87 bits per heavy atom. The van der Waals surface area contributed by atoms with Gasteiger partial charge in [0.25, 0.3) is 0 Å². The maximum Gasteiger partial charge on any atom is 0.215 e. The first kappa shape index (κ1) is 12.9. The Morgan fingerprint density at radius 3 is 2.40 bits per heavy atom. The second-order valence-corrected chi connectivity index (χ2v) is 6.50. The predicted molar refractivity (Wildman–Crippen MR) is 62.3 cm³/mol. The Morgan fingerprint density at radius 1 is 1.27 bits per heavy atom. The molecule has 1 atom stereocenters. The summed E-state index contributed by atoms with van der Waals surface area (Å²) in [5, 5.41) is 2.53. The van der Waals surface area contributed by atoms with Crippen LogP contribution in [0.4, 0.5) is 0 Å². The highest BCUT2D eigenvalue weighted by Gasteiger charge is 2.24. The molecule has 90 valence electrons. The van der Waals surface area contributed by atoms with Crippen LogP contribution in [0.5, 0.6) is 0 Å². The largest absolute Gasteiger partial charge is 0.318 e. The van der Waals surface area contributed by atoms with Crippen molar-refractivity contribution in [3.63, 3.8) is 0 Å². The van der Waals surface area contributed by atoms with Crippen LogP contribution in [0.2, 0.25) is 0 Å². The van der Waals surface area contributed by atoms with Gasteiger partial charge in [0.15, 0.2) is 0 Å². The maximum absolute atomic E-state index is 11.8. The summed E-state index contributed by atoms with van der Waals surface area (Å²) < 4.78 is 26.5. The van der Waals surface area contributed by atoms with Crippen molar-refractivity contribution in [1.29, 1.82) is 0 Å². The average molecular weight is 234 g/mol. The van der Waals surface area contributed by atoms with E-state index in [-0.39, 0.29) is 11.3 Å². The highest BCUT2D eigenvalue weighted by molar-refractivity contribution is 7.90. The lowest BCUT2D eigenvalue weighted by Crippen LogP contribution is -2.43. The van der Waals surface area contributed by atoms with Gasteiger partial charge in [-0.3, -0.25) is 0 Å². The van der Waals surface area contributed by atoms with Crippen molar-refractivity contribution in [1.82, 2.24) is 10.0 Å². The van der Waals surface area contributed by atoms with Gasteiger partial charge in [-0.15, -0.1) is 0 Å². The van der Waals surface area contributed by atoms with Gasteiger partial charge in [-0.1, -0.05) is 19.3 Å². The van der Waals surface area contributed by atoms with Crippen LogP contribution in [0.3, 0.4) is 0 Å². The van der Waals surface area contributed by atoms with E-state index < -0.39 is 10.0 Å². The molecule has 0 aliphatic heterocycles. The zero-order chi connectivity index (χ0) is 11.3. The molecule has 1 saturated carbocycles.